The van der Waals surface area contributed by atoms with Gasteiger partial charge < -0.3 is 10.6 Å². The van der Waals surface area contributed by atoms with Gasteiger partial charge in [-0.2, -0.15) is 0 Å². The number of nitrogens with one attached hydrogen (secondary N) is 2. The van der Waals surface area contributed by atoms with Gasteiger partial charge in [0.1, 0.15) is 0 Å². The summed E-state index contributed by atoms with van der Waals surface area (Å²) in [7, 11) is 0. The summed E-state index contributed by atoms with van der Waals surface area (Å²) < 4.78 is 1.22. The maximum absolute atomic E-state index is 3.54. The lowest BCUT2D eigenvalue weighted by atomic mass is 9.98. The predicted octanol–water partition coefficient (Wildman–Crippen LogP) is 2.46. The summed E-state index contributed by atoms with van der Waals surface area (Å²) in [6.45, 7) is 6.80. The summed E-state index contributed by atoms with van der Waals surface area (Å²) in [6, 6.07) is 4.29. The largest absolute Gasteiger partial charge is 0.316 e. The molecule has 4 heteroatoms. The molecule has 0 aliphatic carbocycles. The molecule has 2 rings (SSSR count). The van der Waals surface area contributed by atoms with Crippen LogP contribution >= 0.6 is 27.3 Å². The second kappa shape index (κ2) is 5.43. The first-order valence-corrected chi connectivity index (χ1v) is 7.02. The van der Waals surface area contributed by atoms with Crippen molar-refractivity contribution >= 4 is 27.3 Å². The van der Waals surface area contributed by atoms with Crippen LogP contribution < -0.4 is 10.6 Å². The zero-order valence-corrected chi connectivity index (χ0v) is 11.3. The highest BCUT2D eigenvalue weighted by molar-refractivity contribution is 9.11. The Morgan fingerprint density at radius 3 is 3.00 bits per heavy atom. The van der Waals surface area contributed by atoms with Gasteiger partial charge in [0.2, 0.25) is 0 Å². The maximum Gasteiger partial charge on any atom is 0.0701 e. The van der Waals surface area contributed by atoms with Crippen molar-refractivity contribution in [2.24, 2.45) is 11.8 Å². The Hall–Kier alpha value is 0.1000. The van der Waals surface area contributed by atoms with Crippen molar-refractivity contribution in [1.29, 1.82) is 0 Å². The van der Waals surface area contributed by atoms with E-state index in [1.807, 2.05) is 11.3 Å². The monoisotopic (exact) mass is 288 g/mol. The second-order valence-corrected chi connectivity index (χ2v) is 6.78. The average Bonchev–Trinajstić information content (AvgIpc) is 2.77. The van der Waals surface area contributed by atoms with Crippen LogP contribution in [0.2, 0.25) is 0 Å². The molecule has 0 bridgehead atoms. The molecule has 2 atom stereocenters. The van der Waals surface area contributed by atoms with Crippen molar-refractivity contribution in [1.82, 2.24) is 10.6 Å². The van der Waals surface area contributed by atoms with Crippen LogP contribution in [0, 0.1) is 11.8 Å². The van der Waals surface area contributed by atoms with Gasteiger partial charge in [-0.15, -0.1) is 11.3 Å². The van der Waals surface area contributed by atoms with Crippen molar-refractivity contribution in [2.45, 2.75) is 13.5 Å². The van der Waals surface area contributed by atoms with Crippen LogP contribution in [0.25, 0.3) is 0 Å². The molecule has 84 valence electrons. The molecule has 2 nitrogen and oxygen atoms in total. The minimum atomic E-state index is 0.799. The van der Waals surface area contributed by atoms with E-state index >= 15 is 0 Å². The van der Waals surface area contributed by atoms with Gasteiger partial charge in [0.05, 0.1) is 3.79 Å². The number of halogens is 1. The molecule has 1 aliphatic rings. The fourth-order valence-electron chi connectivity index (χ4n) is 1.97. The van der Waals surface area contributed by atoms with Crippen LogP contribution in [0.4, 0.5) is 0 Å². The summed E-state index contributed by atoms with van der Waals surface area (Å²) in [4.78, 5) is 1.40. The van der Waals surface area contributed by atoms with Gasteiger partial charge in [-0.1, -0.05) is 6.92 Å². The van der Waals surface area contributed by atoms with Crippen LogP contribution in [0.1, 0.15) is 11.8 Å². The summed E-state index contributed by atoms with van der Waals surface area (Å²) in [5, 5.41) is 6.97. The van der Waals surface area contributed by atoms with Crippen molar-refractivity contribution < 1.29 is 0 Å². The highest BCUT2D eigenvalue weighted by Crippen LogP contribution is 2.22. The molecule has 1 aromatic heterocycles. The standard InChI is InChI=1S/C11H17BrN2S/c1-8-4-13-5-9(8)6-14-7-10-2-3-11(12)15-10/h2-3,8-9,13-14H,4-7H2,1H3. The summed E-state index contributed by atoms with van der Waals surface area (Å²) in [5.41, 5.74) is 0. The molecule has 1 fully saturated rings. The SMILES string of the molecule is CC1CNCC1CNCc1ccc(Br)s1. The van der Waals surface area contributed by atoms with Crippen LogP contribution in [0.5, 0.6) is 0 Å². The zero-order valence-electron chi connectivity index (χ0n) is 8.92. The molecule has 2 unspecified atom stereocenters. The molecule has 0 saturated carbocycles. The van der Waals surface area contributed by atoms with Gasteiger partial charge in [0, 0.05) is 11.4 Å². The molecule has 0 spiro atoms. The first-order valence-electron chi connectivity index (χ1n) is 5.41. The Morgan fingerprint density at radius 2 is 2.40 bits per heavy atom. The summed E-state index contributed by atoms with van der Waals surface area (Å²) in [5.74, 6) is 1.61. The molecular weight excluding hydrogens is 272 g/mol. The van der Waals surface area contributed by atoms with E-state index in [0.29, 0.717) is 0 Å². The maximum atomic E-state index is 3.54. The number of hydrogen-bond donors (Lipinski definition) is 2. The number of hydrogen-bond acceptors (Lipinski definition) is 3. The van der Waals surface area contributed by atoms with E-state index in [1.54, 1.807) is 0 Å². The van der Waals surface area contributed by atoms with Crippen LogP contribution in [-0.2, 0) is 6.54 Å². The molecule has 0 radical (unpaired) electrons. The quantitative estimate of drug-likeness (QED) is 0.889. The van der Waals surface area contributed by atoms with E-state index in [1.165, 1.54) is 21.8 Å². The van der Waals surface area contributed by atoms with Crippen LogP contribution in [-0.4, -0.2) is 19.6 Å². The molecule has 0 aromatic carbocycles. The fraction of sp³-hybridized carbons (Fsp3) is 0.636. The third-order valence-electron chi connectivity index (χ3n) is 3.01. The molecule has 1 aliphatic heterocycles. The highest BCUT2D eigenvalue weighted by Gasteiger charge is 2.22. The van der Waals surface area contributed by atoms with E-state index in [9.17, 15) is 0 Å². The zero-order chi connectivity index (χ0) is 10.7. The van der Waals surface area contributed by atoms with Gasteiger partial charge in [0.15, 0.2) is 0 Å². The lowest BCUT2D eigenvalue weighted by Gasteiger charge is -2.14. The van der Waals surface area contributed by atoms with Crippen molar-refractivity contribution in [2.75, 3.05) is 19.6 Å². The molecule has 1 saturated heterocycles. The van der Waals surface area contributed by atoms with Crippen LogP contribution in [0.15, 0.2) is 15.9 Å². The van der Waals surface area contributed by atoms with E-state index in [2.05, 4.69) is 45.6 Å². The van der Waals surface area contributed by atoms with Gasteiger partial charge in [-0.3, -0.25) is 0 Å². The van der Waals surface area contributed by atoms with Crippen molar-refractivity contribution in [3.8, 4) is 0 Å². The fourth-order valence-corrected chi connectivity index (χ4v) is 3.42. The highest BCUT2D eigenvalue weighted by atomic mass is 79.9. The first-order chi connectivity index (χ1) is 7.25. The number of thiophene rings is 1. The first kappa shape index (κ1) is 11.6. The van der Waals surface area contributed by atoms with Gasteiger partial charge in [-0.25, -0.2) is 0 Å². The molecule has 1 aromatic rings. The third-order valence-corrected chi connectivity index (χ3v) is 4.64. The Labute approximate surface area is 104 Å². The minimum absolute atomic E-state index is 0.799. The average molecular weight is 289 g/mol. The van der Waals surface area contributed by atoms with E-state index in [-0.39, 0.29) is 0 Å². The molecule has 0 amide bonds. The van der Waals surface area contributed by atoms with E-state index in [4.69, 9.17) is 0 Å². The Kier molecular flexibility index (Phi) is 4.20. The lowest BCUT2D eigenvalue weighted by Crippen LogP contribution is -2.26. The van der Waals surface area contributed by atoms with E-state index in [0.717, 1.165) is 24.9 Å². The smallest absolute Gasteiger partial charge is 0.0701 e. The Balaban J connectivity index is 1.70. The van der Waals surface area contributed by atoms with Gasteiger partial charge >= 0.3 is 0 Å². The third kappa shape index (κ3) is 3.28. The van der Waals surface area contributed by atoms with Gasteiger partial charge in [0.25, 0.3) is 0 Å². The predicted molar refractivity (Wildman–Crippen MR) is 69.2 cm³/mol. The molecular formula is C11H17BrN2S. The Bertz CT molecular complexity index is 313. The second-order valence-electron chi connectivity index (χ2n) is 4.23. The molecule has 2 heterocycles. The van der Waals surface area contributed by atoms with Crippen LogP contribution in [0.3, 0.4) is 0 Å². The van der Waals surface area contributed by atoms with Crippen molar-refractivity contribution in [3.05, 3.63) is 20.8 Å². The Morgan fingerprint density at radius 1 is 1.53 bits per heavy atom. The summed E-state index contributed by atoms with van der Waals surface area (Å²) in [6.07, 6.45) is 0. The minimum Gasteiger partial charge on any atom is -0.316 e. The summed E-state index contributed by atoms with van der Waals surface area (Å²) >= 11 is 5.29. The van der Waals surface area contributed by atoms with Gasteiger partial charge in [-0.05, 0) is 59.5 Å². The normalized spacial score (nSPS) is 26.0. The molecule has 2 N–H and O–H groups in total. The topological polar surface area (TPSA) is 24.1 Å². The lowest BCUT2D eigenvalue weighted by molar-refractivity contribution is 0.421. The van der Waals surface area contributed by atoms with Crippen molar-refractivity contribution in [3.63, 3.8) is 0 Å². The van der Waals surface area contributed by atoms with E-state index < -0.39 is 0 Å². The molecule has 15 heavy (non-hydrogen) atoms. The number of rotatable bonds is 4.